The van der Waals surface area contributed by atoms with Crippen molar-refractivity contribution < 1.29 is 9.59 Å². The molecule has 4 aromatic carbocycles. The Morgan fingerprint density at radius 1 is 0.619 bits per heavy atom. The quantitative estimate of drug-likeness (QED) is 0.153. The first-order valence-electron chi connectivity index (χ1n) is 14.7. The second-order valence-corrected chi connectivity index (χ2v) is 12.8. The molecule has 0 radical (unpaired) electrons. The van der Waals surface area contributed by atoms with Gasteiger partial charge in [0, 0.05) is 20.1 Å². The monoisotopic (exact) mass is 686 g/mol. The molecule has 0 fully saturated rings. The van der Waals surface area contributed by atoms with Gasteiger partial charge in [-0.1, -0.05) is 63.1 Å². The van der Waals surface area contributed by atoms with Gasteiger partial charge in [-0.25, -0.2) is 0 Å². The number of ketones is 2. The molecule has 216 valence electrons. The van der Waals surface area contributed by atoms with Gasteiger partial charge in [0.05, 0.1) is 33.9 Å². The highest BCUT2D eigenvalue weighted by molar-refractivity contribution is 9.11. The van der Waals surface area contributed by atoms with E-state index in [1.807, 2.05) is 12.1 Å². The average Bonchev–Trinajstić information content (AvgIpc) is 2.97. The number of benzene rings is 4. The summed E-state index contributed by atoms with van der Waals surface area (Å²) in [6.07, 6.45) is 6.58. The van der Waals surface area contributed by atoms with Crippen LogP contribution >= 0.6 is 31.9 Å². The molecule has 0 unspecified atom stereocenters. The number of nitrogens with one attached hydrogen (secondary N) is 2. The van der Waals surface area contributed by atoms with Crippen molar-refractivity contribution in [2.24, 2.45) is 0 Å². The molecule has 0 saturated heterocycles. The predicted octanol–water partition coefficient (Wildman–Crippen LogP) is 10.8. The molecule has 0 aromatic heterocycles. The molecule has 4 nitrogen and oxygen atoms in total. The zero-order chi connectivity index (χ0) is 30.0. The van der Waals surface area contributed by atoms with Crippen LogP contribution in [0.25, 0.3) is 0 Å². The number of halogens is 2. The fourth-order valence-corrected chi connectivity index (χ4v) is 7.11. The minimum atomic E-state index is -0.162. The topological polar surface area (TPSA) is 58.2 Å². The maximum Gasteiger partial charge on any atom is 0.196 e. The van der Waals surface area contributed by atoms with Crippen molar-refractivity contribution in [2.45, 2.75) is 66.2 Å². The van der Waals surface area contributed by atoms with Gasteiger partial charge in [-0.05, 0) is 118 Å². The van der Waals surface area contributed by atoms with Gasteiger partial charge in [0.2, 0.25) is 0 Å². The molecule has 4 aromatic rings. The van der Waals surface area contributed by atoms with E-state index in [9.17, 15) is 9.59 Å². The maximum absolute atomic E-state index is 14.0. The lowest BCUT2D eigenvalue weighted by atomic mass is 9.82. The van der Waals surface area contributed by atoms with Crippen LogP contribution in [-0.2, 0) is 12.8 Å². The van der Waals surface area contributed by atoms with E-state index in [2.05, 4.69) is 94.5 Å². The molecular weight excluding hydrogens is 652 g/mol. The second-order valence-electron chi connectivity index (χ2n) is 11.1. The zero-order valence-corrected chi connectivity index (χ0v) is 27.8. The minimum Gasteiger partial charge on any atom is -0.354 e. The maximum atomic E-state index is 14.0. The first-order chi connectivity index (χ1) is 20.2. The van der Waals surface area contributed by atoms with Gasteiger partial charge in [0.25, 0.3) is 0 Å². The van der Waals surface area contributed by atoms with E-state index in [0.717, 1.165) is 70.0 Å². The highest BCUT2D eigenvalue weighted by atomic mass is 79.9. The Labute approximate surface area is 265 Å². The molecule has 1 aliphatic carbocycles. The highest BCUT2D eigenvalue weighted by Crippen LogP contribution is 2.41. The summed E-state index contributed by atoms with van der Waals surface area (Å²) in [6.45, 7) is 8.52. The molecule has 0 spiro atoms. The lowest BCUT2D eigenvalue weighted by Crippen LogP contribution is -2.23. The Balaban J connectivity index is 1.60. The SMILES string of the molecule is CCCCc1cc(C)c(Nc2ccc(Nc3c(C)cc(CCCC)cc3Br)c3c2C(=O)c2ccccc2C3=O)c(Br)c1. The van der Waals surface area contributed by atoms with Crippen LogP contribution in [0, 0.1) is 13.8 Å². The smallest absolute Gasteiger partial charge is 0.196 e. The van der Waals surface area contributed by atoms with E-state index in [1.54, 1.807) is 24.3 Å². The normalized spacial score (nSPS) is 12.2. The van der Waals surface area contributed by atoms with Crippen molar-refractivity contribution in [3.8, 4) is 0 Å². The van der Waals surface area contributed by atoms with Gasteiger partial charge in [-0.3, -0.25) is 9.59 Å². The zero-order valence-electron chi connectivity index (χ0n) is 24.6. The van der Waals surface area contributed by atoms with Crippen LogP contribution in [0.1, 0.15) is 93.6 Å². The lowest BCUT2D eigenvalue weighted by Gasteiger charge is -2.25. The first kappa shape index (κ1) is 30.2. The molecule has 1 aliphatic rings. The Morgan fingerprint density at radius 3 is 1.38 bits per heavy atom. The Hall–Kier alpha value is -3.22. The Bertz CT molecular complexity index is 1520. The molecule has 0 atom stereocenters. The van der Waals surface area contributed by atoms with Crippen molar-refractivity contribution in [3.05, 3.63) is 114 Å². The molecule has 0 saturated carbocycles. The molecule has 0 bridgehead atoms. The van der Waals surface area contributed by atoms with Gasteiger partial charge in [0.15, 0.2) is 11.6 Å². The third kappa shape index (κ3) is 5.97. The van der Waals surface area contributed by atoms with E-state index in [0.29, 0.717) is 33.6 Å². The van der Waals surface area contributed by atoms with E-state index >= 15 is 0 Å². The van der Waals surface area contributed by atoms with Crippen molar-refractivity contribution in [3.63, 3.8) is 0 Å². The summed E-state index contributed by atoms with van der Waals surface area (Å²) in [5.74, 6) is -0.323. The van der Waals surface area contributed by atoms with E-state index in [1.165, 1.54) is 11.1 Å². The third-order valence-electron chi connectivity index (χ3n) is 7.93. The van der Waals surface area contributed by atoms with E-state index in [4.69, 9.17) is 0 Å². The van der Waals surface area contributed by atoms with Gasteiger partial charge < -0.3 is 10.6 Å². The Kier molecular flexibility index (Phi) is 9.34. The number of unbranched alkanes of at least 4 members (excludes halogenated alkanes) is 2. The summed E-state index contributed by atoms with van der Waals surface area (Å²) in [6, 6.07) is 19.5. The molecular formula is C36H36Br2N2O2. The van der Waals surface area contributed by atoms with E-state index in [-0.39, 0.29) is 11.6 Å². The molecule has 5 rings (SSSR count). The van der Waals surface area contributed by atoms with Crippen LogP contribution in [0.15, 0.2) is 69.6 Å². The van der Waals surface area contributed by atoms with Crippen molar-refractivity contribution in [1.82, 2.24) is 0 Å². The number of carbonyl (C=O) groups excluding carboxylic acids is 2. The number of hydrogen-bond donors (Lipinski definition) is 2. The molecule has 42 heavy (non-hydrogen) atoms. The van der Waals surface area contributed by atoms with Gasteiger partial charge >= 0.3 is 0 Å². The Morgan fingerprint density at radius 2 is 1.02 bits per heavy atom. The van der Waals surface area contributed by atoms with Gasteiger partial charge in [-0.2, -0.15) is 0 Å². The van der Waals surface area contributed by atoms with Crippen molar-refractivity contribution in [2.75, 3.05) is 10.6 Å². The standard InChI is InChI=1S/C36H36Br2N2O2/c1-5-7-11-23-17-21(3)33(27(37)19-23)39-29-15-16-30(40-34-22(4)18-24(12-8-6-2)20-28(34)38)32-31(29)35(41)25-13-9-10-14-26(25)36(32)42/h9-10,13-20,39-40H,5-8,11-12H2,1-4H3. The number of fused-ring (bicyclic) bond motifs is 2. The summed E-state index contributed by atoms with van der Waals surface area (Å²) in [7, 11) is 0. The summed E-state index contributed by atoms with van der Waals surface area (Å²) < 4.78 is 1.87. The largest absolute Gasteiger partial charge is 0.354 e. The fraction of sp³-hybridized carbons (Fsp3) is 0.278. The lowest BCUT2D eigenvalue weighted by molar-refractivity contribution is 0.0980. The molecule has 0 aliphatic heterocycles. The van der Waals surface area contributed by atoms with Crippen LogP contribution < -0.4 is 10.6 Å². The summed E-state index contributed by atoms with van der Waals surface area (Å²) >= 11 is 7.52. The van der Waals surface area contributed by atoms with Crippen LogP contribution in [0.5, 0.6) is 0 Å². The second kappa shape index (κ2) is 13.0. The first-order valence-corrected chi connectivity index (χ1v) is 16.3. The number of anilines is 4. The van der Waals surface area contributed by atoms with Crippen molar-refractivity contribution in [1.29, 1.82) is 0 Å². The number of aryl methyl sites for hydroxylation is 4. The molecule has 0 amide bonds. The number of carbonyl (C=O) groups is 2. The molecule has 2 N–H and O–H groups in total. The summed E-state index contributed by atoms with van der Waals surface area (Å²) in [5, 5.41) is 7.04. The van der Waals surface area contributed by atoms with Crippen LogP contribution in [0.2, 0.25) is 0 Å². The highest BCUT2D eigenvalue weighted by Gasteiger charge is 2.34. The van der Waals surface area contributed by atoms with Crippen molar-refractivity contribution >= 4 is 66.2 Å². The molecule has 0 heterocycles. The van der Waals surface area contributed by atoms with Crippen LogP contribution in [-0.4, -0.2) is 11.6 Å². The number of hydrogen-bond acceptors (Lipinski definition) is 4. The van der Waals surface area contributed by atoms with Crippen LogP contribution in [0.3, 0.4) is 0 Å². The third-order valence-corrected chi connectivity index (χ3v) is 9.18. The predicted molar refractivity (Wildman–Crippen MR) is 181 cm³/mol. The average molecular weight is 689 g/mol. The summed E-state index contributed by atoms with van der Waals surface area (Å²) in [5.41, 5.74) is 9.32. The van der Waals surface area contributed by atoms with Gasteiger partial charge in [-0.15, -0.1) is 0 Å². The number of rotatable bonds is 10. The summed E-state index contributed by atoms with van der Waals surface area (Å²) in [4.78, 5) is 28.1. The van der Waals surface area contributed by atoms with Gasteiger partial charge in [0.1, 0.15) is 0 Å². The van der Waals surface area contributed by atoms with Crippen LogP contribution in [0.4, 0.5) is 22.7 Å². The molecule has 6 heteroatoms. The van der Waals surface area contributed by atoms with E-state index < -0.39 is 0 Å². The minimum absolute atomic E-state index is 0.162. The fourth-order valence-electron chi connectivity index (χ4n) is 5.70.